The molecule has 0 aliphatic carbocycles. The highest BCUT2D eigenvalue weighted by atomic mass is 31.2. The SMILES string of the molecule is COc1cc(C(C)(C)C)ccc1P(=O)(c1ccccc1)c1ccccc1. The van der Waals surface area contributed by atoms with Crippen molar-refractivity contribution in [2.24, 2.45) is 0 Å². The van der Waals surface area contributed by atoms with Crippen LogP contribution in [0.25, 0.3) is 0 Å². The number of hydrogen-bond donors (Lipinski definition) is 0. The highest BCUT2D eigenvalue weighted by molar-refractivity contribution is 7.85. The molecular formula is C23H25O2P. The van der Waals surface area contributed by atoms with Crippen molar-refractivity contribution in [3.8, 4) is 5.75 Å². The van der Waals surface area contributed by atoms with Gasteiger partial charge in [0.15, 0.2) is 7.14 Å². The third-order valence-electron chi connectivity index (χ3n) is 4.62. The molecule has 0 aliphatic rings. The Bertz CT molecular complexity index is 882. The standard InChI is InChI=1S/C23H25O2P/c1-23(2,3)18-15-16-22(21(17-18)25-4)26(24,19-11-7-5-8-12-19)20-13-9-6-10-14-20/h5-17H,1-4H3. The number of hydrogen-bond acceptors (Lipinski definition) is 2. The Morgan fingerprint density at radius 3 is 1.69 bits per heavy atom. The Kier molecular flexibility index (Phi) is 5.07. The van der Waals surface area contributed by atoms with Gasteiger partial charge in [0, 0.05) is 10.6 Å². The molecule has 3 aromatic carbocycles. The van der Waals surface area contributed by atoms with Gasteiger partial charge in [0.25, 0.3) is 0 Å². The Morgan fingerprint density at radius 1 is 0.769 bits per heavy atom. The summed E-state index contributed by atoms with van der Waals surface area (Å²) in [5.74, 6) is 0.675. The van der Waals surface area contributed by atoms with Crippen molar-refractivity contribution in [1.29, 1.82) is 0 Å². The van der Waals surface area contributed by atoms with Crippen LogP contribution in [0.15, 0.2) is 78.9 Å². The van der Waals surface area contributed by atoms with Crippen LogP contribution in [0.2, 0.25) is 0 Å². The molecule has 0 aromatic heterocycles. The topological polar surface area (TPSA) is 26.3 Å². The fraction of sp³-hybridized carbons (Fsp3) is 0.217. The molecule has 0 N–H and O–H groups in total. The quantitative estimate of drug-likeness (QED) is 0.631. The monoisotopic (exact) mass is 364 g/mol. The summed E-state index contributed by atoms with van der Waals surface area (Å²) < 4.78 is 20.2. The van der Waals surface area contributed by atoms with Crippen LogP contribution in [0.5, 0.6) is 5.75 Å². The molecule has 3 aromatic rings. The van der Waals surface area contributed by atoms with E-state index < -0.39 is 7.14 Å². The molecule has 26 heavy (non-hydrogen) atoms. The van der Waals surface area contributed by atoms with Crippen LogP contribution in [-0.2, 0) is 9.98 Å². The highest BCUT2D eigenvalue weighted by Crippen LogP contribution is 2.45. The molecule has 0 heterocycles. The molecule has 0 amide bonds. The first-order valence-electron chi connectivity index (χ1n) is 8.78. The third kappa shape index (κ3) is 3.34. The van der Waals surface area contributed by atoms with Gasteiger partial charge in [-0.15, -0.1) is 0 Å². The van der Waals surface area contributed by atoms with E-state index in [9.17, 15) is 4.57 Å². The van der Waals surface area contributed by atoms with Crippen molar-refractivity contribution in [3.05, 3.63) is 84.4 Å². The maximum atomic E-state index is 14.5. The van der Waals surface area contributed by atoms with Crippen LogP contribution in [0.1, 0.15) is 26.3 Å². The maximum Gasteiger partial charge on any atom is 0.174 e. The summed E-state index contributed by atoms with van der Waals surface area (Å²) >= 11 is 0. The summed E-state index contributed by atoms with van der Waals surface area (Å²) in [6, 6.07) is 25.4. The second-order valence-corrected chi connectivity index (χ2v) is 10.2. The van der Waals surface area contributed by atoms with Crippen molar-refractivity contribution >= 4 is 23.1 Å². The van der Waals surface area contributed by atoms with Gasteiger partial charge >= 0.3 is 0 Å². The van der Waals surface area contributed by atoms with E-state index in [1.54, 1.807) is 7.11 Å². The molecule has 2 nitrogen and oxygen atoms in total. The van der Waals surface area contributed by atoms with Gasteiger partial charge in [-0.25, -0.2) is 0 Å². The molecule has 0 spiro atoms. The minimum atomic E-state index is -3.03. The molecule has 134 valence electrons. The van der Waals surface area contributed by atoms with E-state index >= 15 is 0 Å². The molecule has 3 heteroatoms. The van der Waals surface area contributed by atoms with Crippen molar-refractivity contribution < 1.29 is 9.30 Å². The minimum Gasteiger partial charge on any atom is -0.496 e. The highest BCUT2D eigenvalue weighted by Gasteiger charge is 2.33. The van der Waals surface area contributed by atoms with E-state index in [2.05, 4.69) is 26.8 Å². The van der Waals surface area contributed by atoms with Crippen LogP contribution in [0, 0.1) is 0 Å². The van der Waals surface area contributed by atoms with Crippen LogP contribution < -0.4 is 20.7 Å². The lowest BCUT2D eigenvalue weighted by Crippen LogP contribution is -2.26. The molecule has 3 rings (SSSR count). The summed E-state index contributed by atoms with van der Waals surface area (Å²) in [5, 5.41) is 2.37. The van der Waals surface area contributed by atoms with Gasteiger partial charge in [0.2, 0.25) is 0 Å². The number of ether oxygens (including phenoxy) is 1. The molecule has 0 saturated carbocycles. The minimum absolute atomic E-state index is 0.00467. The van der Waals surface area contributed by atoms with E-state index in [0.717, 1.165) is 21.5 Å². The molecule has 0 unspecified atom stereocenters. The number of rotatable bonds is 4. The van der Waals surface area contributed by atoms with Crippen molar-refractivity contribution in [1.82, 2.24) is 0 Å². The van der Waals surface area contributed by atoms with Gasteiger partial charge in [0.05, 0.1) is 12.4 Å². The molecule has 0 atom stereocenters. The molecule has 0 radical (unpaired) electrons. The zero-order chi connectivity index (χ0) is 18.8. The van der Waals surface area contributed by atoms with E-state index in [0.29, 0.717) is 5.75 Å². The van der Waals surface area contributed by atoms with Gasteiger partial charge in [-0.2, -0.15) is 0 Å². The van der Waals surface area contributed by atoms with E-state index in [-0.39, 0.29) is 5.41 Å². The molecule has 0 aliphatic heterocycles. The first-order chi connectivity index (χ1) is 12.4. The Balaban J connectivity index is 2.29. The Labute approximate surface area is 156 Å². The zero-order valence-electron chi connectivity index (χ0n) is 15.8. The second kappa shape index (κ2) is 7.13. The fourth-order valence-corrected chi connectivity index (χ4v) is 5.90. The zero-order valence-corrected chi connectivity index (χ0v) is 16.7. The van der Waals surface area contributed by atoms with Crippen molar-refractivity contribution in [2.45, 2.75) is 26.2 Å². The van der Waals surface area contributed by atoms with E-state index in [1.807, 2.05) is 72.8 Å². The van der Waals surface area contributed by atoms with Crippen LogP contribution in [-0.4, -0.2) is 7.11 Å². The van der Waals surface area contributed by atoms with Gasteiger partial charge in [0.1, 0.15) is 5.75 Å². The molecule has 0 fully saturated rings. The van der Waals surface area contributed by atoms with Crippen molar-refractivity contribution in [3.63, 3.8) is 0 Å². The Morgan fingerprint density at radius 2 is 1.27 bits per heavy atom. The Hall–Kier alpha value is -2.31. The summed E-state index contributed by atoms with van der Waals surface area (Å²) in [7, 11) is -1.38. The maximum absolute atomic E-state index is 14.5. The predicted octanol–water partition coefficient (Wildman–Crippen LogP) is 4.63. The summed E-state index contributed by atoms with van der Waals surface area (Å²) in [6.07, 6.45) is 0. The average Bonchev–Trinajstić information content (AvgIpc) is 2.67. The summed E-state index contributed by atoms with van der Waals surface area (Å²) in [5.41, 5.74) is 1.15. The van der Waals surface area contributed by atoms with Crippen LogP contribution in [0.4, 0.5) is 0 Å². The lowest BCUT2D eigenvalue weighted by atomic mass is 9.87. The lowest BCUT2D eigenvalue weighted by molar-refractivity contribution is 0.416. The van der Waals surface area contributed by atoms with Gasteiger partial charge in [-0.05, 0) is 23.1 Å². The van der Waals surface area contributed by atoms with Gasteiger partial charge < -0.3 is 9.30 Å². The normalized spacial score (nSPS) is 12.0. The van der Waals surface area contributed by atoms with Gasteiger partial charge in [-0.1, -0.05) is 87.5 Å². The fourth-order valence-electron chi connectivity index (χ4n) is 3.11. The van der Waals surface area contributed by atoms with Gasteiger partial charge in [-0.3, -0.25) is 0 Å². The van der Waals surface area contributed by atoms with Crippen molar-refractivity contribution in [2.75, 3.05) is 7.11 Å². The first-order valence-corrected chi connectivity index (χ1v) is 10.5. The molecule has 0 bridgehead atoms. The van der Waals surface area contributed by atoms with E-state index in [1.165, 1.54) is 0 Å². The predicted molar refractivity (Wildman–Crippen MR) is 111 cm³/mol. The second-order valence-electron chi connectivity index (χ2n) is 7.42. The average molecular weight is 364 g/mol. The smallest absolute Gasteiger partial charge is 0.174 e. The van der Waals surface area contributed by atoms with E-state index in [4.69, 9.17) is 4.74 Å². The number of benzene rings is 3. The number of methoxy groups -OCH3 is 1. The lowest BCUT2D eigenvalue weighted by Gasteiger charge is -2.25. The molecular weight excluding hydrogens is 339 g/mol. The first kappa shape index (κ1) is 18.5. The summed E-state index contributed by atoms with van der Waals surface area (Å²) in [4.78, 5) is 0. The molecule has 0 saturated heterocycles. The van der Waals surface area contributed by atoms with Crippen LogP contribution >= 0.6 is 7.14 Å². The summed E-state index contributed by atoms with van der Waals surface area (Å²) in [6.45, 7) is 6.49. The largest absolute Gasteiger partial charge is 0.496 e. The van der Waals surface area contributed by atoms with Crippen LogP contribution in [0.3, 0.4) is 0 Å². The third-order valence-corrected chi connectivity index (χ3v) is 7.72.